The summed E-state index contributed by atoms with van der Waals surface area (Å²) in [7, 11) is 0. The topological polar surface area (TPSA) is 58.0 Å². The van der Waals surface area contributed by atoms with Gasteiger partial charge in [0.25, 0.3) is 0 Å². The van der Waals surface area contributed by atoms with E-state index < -0.39 is 0 Å². The SMILES string of the molecule is OCC1(CNc2ncc(Cl)cn2)CCCC1. The van der Waals surface area contributed by atoms with E-state index in [1.54, 1.807) is 12.4 Å². The highest BCUT2D eigenvalue weighted by Crippen LogP contribution is 2.37. The van der Waals surface area contributed by atoms with Crippen molar-refractivity contribution >= 4 is 17.5 Å². The second-order valence-electron chi connectivity index (χ2n) is 4.44. The summed E-state index contributed by atoms with van der Waals surface area (Å²) >= 11 is 5.70. The van der Waals surface area contributed by atoms with Crippen LogP contribution in [0.1, 0.15) is 25.7 Å². The lowest BCUT2D eigenvalue weighted by atomic mass is 9.87. The van der Waals surface area contributed by atoms with Crippen molar-refractivity contribution in [3.05, 3.63) is 17.4 Å². The fourth-order valence-electron chi connectivity index (χ4n) is 2.19. The van der Waals surface area contributed by atoms with E-state index in [-0.39, 0.29) is 12.0 Å². The largest absolute Gasteiger partial charge is 0.396 e. The Kier molecular flexibility index (Phi) is 3.61. The fraction of sp³-hybridized carbons (Fsp3) is 0.636. The van der Waals surface area contributed by atoms with Gasteiger partial charge >= 0.3 is 0 Å². The summed E-state index contributed by atoms with van der Waals surface area (Å²) in [6.45, 7) is 0.957. The number of aliphatic hydroxyl groups is 1. The number of anilines is 1. The molecule has 0 saturated heterocycles. The van der Waals surface area contributed by atoms with Gasteiger partial charge < -0.3 is 10.4 Å². The standard InChI is InChI=1S/C11H16ClN3O/c12-9-5-13-10(14-6-9)15-7-11(8-16)3-1-2-4-11/h5-6,16H,1-4,7-8H2,(H,13,14,15). The highest BCUT2D eigenvalue weighted by atomic mass is 35.5. The van der Waals surface area contributed by atoms with Crippen molar-refractivity contribution in [2.45, 2.75) is 25.7 Å². The van der Waals surface area contributed by atoms with Gasteiger partial charge in [0.15, 0.2) is 0 Å². The molecule has 0 aromatic carbocycles. The number of aliphatic hydroxyl groups excluding tert-OH is 1. The Bertz CT molecular complexity index is 336. The summed E-state index contributed by atoms with van der Waals surface area (Å²) in [5, 5.41) is 13.1. The van der Waals surface area contributed by atoms with E-state index in [0.717, 1.165) is 19.4 Å². The molecule has 0 spiro atoms. The van der Waals surface area contributed by atoms with E-state index in [0.29, 0.717) is 11.0 Å². The van der Waals surface area contributed by atoms with Gasteiger partial charge in [-0.3, -0.25) is 0 Å². The lowest BCUT2D eigenvalue weighted by molar-refractivity contribution is 0.142. The molecule has 0 amide bonds. The van der Waals surface area contributed by atoms with Crippen LogP contribution in [0, 0.1) is 5.41 Å². The van der Waals surface area contributed by atoms with Crippen LogP contribution in [0.15, 0.2) is 12.4 Å². The highest BCUT2D eigenvalue weighted by Gasteiger charge is 2.33. The van der Waals surface area contributed by atoms with Crippen LogP contribution in [0.3, 0.4) is 0 Å². The molecule has 1 heterocycles. The average Bonchev–Trinajstić information content (AvgIpc) is 2.78. The van der Waals surface area contributed by atoms with Crippen molar-refractivity contribution in [2.24, 2.45) is 5.41 Å². The number of nitrogens with zero attached hydrogens (tertiary/aromatic N) is 2. The quantitative estimate of drug-likeness (QED) is 0.848. The van der Waals surface area contributed by atoms with E-state index in [4.69, 9.17) is 11.6 Å². The van der Waals surface area contributed by atoms with Crippen molar-refractivity contribution in [3.63, 3.8) is 0 Å². The first kappa shape index (κ1) is 11.6. The Hall–Kier alpha value is -0.870. The minimum atomic E-state index is 0.0169. The summed E-state index contributed by atoms with van der Waals surface area (Å²) in [5.41, 5.74) is 0.0169. The number of aromatic nitrogens is 2. The Labute approximate surface area is 100 Å². The molecule has 1 saturated carbocycles. The van der Waals surface area contributed by atoms with Crippen LogP contribution >= 0.6 is 11.6 Å². The summed E-state index contributed by atoms with van der Waals surface area (Å²) in [4.78, 5) is 8.14. The minimum Gasteiger partial charge on any atom is -0.396 e. The molecule has 1 aliphatic rings. The molecule has 0 radical (unpaired) electrons. The van der Waals surface area contributed by atoms with Crippen LogP contribution in [0.25, 0.3) is 0 Å². The van der Waals surface area contributed by atoms with Gasteiger partial charge in [-0.15, -0.1) is 0 Å². The number of hydrogen-bond acceptors (Lipinski definition) is 4. The molecule has 2 N–H and O–H groups in total. The lowest BCUT2D eigenvalue weighted by Crippen LogP contribution is -2.31. The Morgan fingerprint density at radius 2 is 1.94 bits per heavy atom. The van der Waals surface area contributed by atoms with Gasteiger partial charge in [-0.25, -0.2) is 9.97 Å². The van der Waals surface area contributed by atoms with Crippen LogP contribution in [0.2, 0.25) is 5.02 Å². The molecular weight excluding hydrogens is 226 g/mol. The molecule has 0 aliphatic heterocycles. The van der Waals surface area contributed by atoms with E-state index in [9.17, 15) is 5.11 Å². The number of hydrogen-bond donors (Lipinski definition) is 2. The Balaban J connectivity index is 1.93. The molecule has 1 fully saturated rings. The van der Waals surface area contributed by atoms with E-state index >= 15 is 0 Å². The third-order valence-corrected chi connectivity index (χ3v) is 3.44. The maximum absolute atomic E-state index is 9.44. The summed E-state index contributed by atoms with van der Waals surface area (Å²) in [6, 6.07) is 0. The maximum atomic E-state index is 9.44. The predicted octanol–water partition coefficient (Wildman–Crippen LogP) is 2.09. The first-order chi connectivity index (χ1) is 7.74. The fourth-order valence-corrected chi connectivity index (χ4v) is 2.28. The average molecular weight is 242 g/mol. The van der Waals surface area contributed by atoms with Gasteiger partial charge in [-0.05, 0) is 12.8 Å². The van der Waals surface area contributed by atoms with Gasteiger partial charge in [-0.2, -0.15) is 0 Å². The molecule has 5 heteroatoms. The van der Waals surface area contributed by atoms with Crippen LogP contribution in [0.4, 0.5) is 5.95 Å². The second-order valence-corrected chi connectivity index (χ2v) is 4.88. The first-order valence-electron chi connectivity index (χ1n) is 5.56. The van der Waals surface area contributed by atoms with Crippen molar-refractivity contribution in [1.29, 1.82) is 0 Å². The molecule has 16 heavy (non-hydrogen) atoms. The van der Waals surface area contributed by atoms with Crippen LogP contribution in [-0.4, -0.2) is 28.2 Å². The summed E-state index contributed by atoms with van der Waals surface area (Å²) in [5.74, 6) is 0.573. The number of halogens is 1. The molecule has 88 valence electrons. The molecule has 1 aliphatic carbocycles. The zero-order valence-corrected chi connectivity index (χ0v) is 9.87. The molecule has 1 aromatic heterocycles. The van der Waals surface area contributed by atoms with Crippen molar-refractivity contribution < 1.29 is 5.11 Å². The lowest BCUT2D eigenvalue weighted by Gasteiger charge is -2.26. The molecule has 2 rings (SSSR count). The highest BCUT2D eigenvalue weighted by molar-refractivity contribution is 6.30. The smallest absolute Gasteiger partial charge is 0.222 e. The van der Waals surface area contributed by atoms with Gasteiger partial charge in [0.1, 0.15) is 0 Å². The van der Waals surface area contributed by atoms with Crippen LogP contribution < -0.4 is 5.32 Å². The number of nitrogens with one attached hydrogen (secondary N) is 1. The first-order valence-corrected chi connectivity index (χ1v) is 5.94. The predicted molar refractivity (Wildman–Crippen MR) is 63.5 cm³/mol. The van der Waals surface area contributed by atoms with Gasteiger partial charge in [0.2, 0.25) is 5.95 Å². The monoisotopic (exact) mass is 241 g/mol. The third-order valence-electron chi connectivity index (χ3n) is 3.24. The molecule has 1 aromatic rings. The number of rotatable bonds is 4. The second kappa shape index (κ2) is 4.97. The van der Waals surface area contributed by atoms with Crippen LogP contribution in [0.5, 0.6) is 0 Å². The Morgan fingerprint density at radius 1 is 1.31 bits per heavy atom. The van der Waals surface area contributed by atoms with Gasteiger partial charge in [-0.1, -0.05) is 24.4 Å². The maximum Gasteiger partial charge on any atom is 0.222 e. The minimum absolute atomic E-state index is 0.0169. The molecule has 0 bridgehead atoms. The zero-order chi connectivity index (χ0) is 11.4. The van der Waals surface area contributed by atoms with Gasteiger partial charge in [0.05, 0.1) is 24.0 Å². The van der Waals surface area contributed by atoms with E-state index in [1.165, 1.54) is 12.8 Å². The molecular formula is C11H16ClN3O. The Morgan fingerprint density at radius 3 is 2.50 bits per heavy atom. The van der Waals surface area contributed by atoms with Gasteiger partial charge in [0, 0.05) is 12.0 Å². The van der Waals surface area contributed by atoms with E-state index in [1.807, 2.05) is 0 Å². The normalized spacial score (nSPS) is 18.6. The van der Waals surface area contributed by atoms with Crippen LogP contribution in [-0.2, 0) is 0 Å². The molecule has 4 nitrogen and oxygen atoms in total. The summed E-state index contributed by atoms with van der Waals surface area (Å²) < 4.78 is 0. The van der Waals surface area contributed by atoms with Crippen molar-refractivity contribution in [3.8, 4) is 0 Å². The summed E-state index contributed by atoms with van der Waals surface area (Å²) in [6.07, 6.45) is 7.68. The molecule has 0 atom stereocenters. The molecule has 0 unspecified atom stereocenters. The van der Waals surface area contributed by atoms with Crippen molar-refractivity contribution in [1.82, 2.24) is 9.97 Å². The van der Waals surface area contributed by atoms with Crippen molar-refractivity contribution in [2.75, 3.05) is 18.5 Å². The third kappa shape index (κ3) is 2.62. The zero-order valence-electron chi connectivity index (χ0n) is 9.12. The van der Waals surface area contributed by atoms with E-state index in [2.05, 4.69) is 15.3 Å².